The number of fused-ring (bicyclic) bond motifs is 1. The van der Waals surface area contributed by atoms with Crippen molar-refractivity contribution < 1.29 is 31.9 Å². The first-order valence-corrected chi connectivity index (χ1v) is 12.4. The molecule has 0 aromatic carbocycles. The van der Waals surface area contributed by atoms with Crippen molar-refractivity contribution in [2.75, 3.05) is 32.1 Å². The first-order valence-electron chi connectivity index (χ1n) is 9.52. The molecule has 1 aliphatic heterocycles. The van der Waals surface area contributed by atoms with Gasteiger partial charge in [0.2, 0.25) is 0 Å². The van der Waals surface area contributed by atoms with E-state index >= 15 is 0 Å². The van der Waals surface area contributed by atoms with Crippen molar-refractivity contribution in [3.8, 4) is 0 Å². The van der Waals surface area contributed by atoms with E-state index in [9.17, 15) is 13.6 Å². The molecule has 3 atom stereocenters. The van der Waals surface area contributed by atoms with Gasteiger partial charge in [-0.2, -0.15) is 0 Å². The van der Waals surface area contributed by atoms with Crippen LogP contribution in [-0.4, -0.2) is 52.7 Å². The predicted molar refractivity (Wildman–Crippen MR) is 103 cm³/mol. The van der Waals surface area contributed by atoms with Crippen LogP contribution in [0.2, 0.25) is 0 Å². The summed E-state index contributed by atoms with van der Waals surface area (Å²) >= 11 is 0. The summed E-state index contributed by atoms with van der Waals surface area (Å²) in [6.07, 6.45) is 2.03. The van der Waals surface area contributed by atoms with Crippen molar-refractivity contribution >= 4 is 24.7 Å². The van der Waals surface area contributed by atoms with E-state index in [1.165, 1.54) is 4.90 Å². The molecule has 0 N–H and O–H groups in total. The average Bonchev–Trinajstić information content (AvgIpc) is 3.10. The number of hydrogen-bond acceptors (Lipinski definition) is 7. The third-order valence-electron chi connectivity index (χ3n) is 4.55. The first-order chi connectivity index (χ1) is 12.9. The Kier molecular flexibility index (Phi) is 8.34. The monoisotopic (exact) mass is 423 g/mol. The maximum Gasteiger partial charge on any atom is 0.529 e. The van der Waals surface area contributed by atoms with Crippen molar-refractivity contribution in [2.24, 2.45) is 5.92 Å². The summed E-state index contributed by atoms with van der Waals surface area (Å²) in [5, 5.41) is -0.854. The second-order valence-corrected chi connectivity index (χ2v) is 9.60. The van der Waals surface area contributed by atoms with E-state index < -0.39 is 30.1 Å². The normalized spacial score (nSPS) is 23.9. The van der Waals surface area contributed by atoms with Gasteiger partial charge in [-0.25, -0.2) is 9.36 Å². The molecule has 8 nitrogen and oxygen atoms in total. The largest absolute Gasteiger partial charge is 0.529 e. The summed E-state index contributed by atoms with van der Waals surface area (Å²) < 4.78 is 47.4. The van der Waals surface area contributed by atoms with Crippen LogP contribution in [0.1, 0.15) is 47.0 Å². The number of hydrogen-bond donors (Lipinski definition) is 0. The van der Waals surface area contributed by atoms with Crippen LogP contribution in [0.5, 0.6) is 0 Å². The van der Waals surface area contributed by atoms with Crippen LogP contribution in [0.4, 0.5) is 4.79 Å². The zero-order chi connectivity index (χ0) is 20.0. The minimum atomic E-state index is -3.87. The summed E-state index contributed by atoms with van der Waals surface area (Å²) in [4.78, 5) is 14.0. The molecule has 2 rings (SSSR count). The zero-order valence-corrected chi connectivity index (χ0v) is 18.2. The Morgan fingerprint density at radius 3 is 2.41 bits per heavy atom. The number of ether oxygens (including phenoxy) is 1. The quantitative estimate of drug-likeness (QED) is 0.521. The van der Waals surface area contributed by atoms with Gasteiger partial charge in [-0.1, -0.05) is 6.92 Å². The highest BCUT2D eigenvalue weighted by atomic mass is 32.2. The molecule has 0 spiro atoms. The van der Waals surface area contributed by atoms with Crippen LogP contribution in [0, 0.1) is 5.92 Å². The molecule has 0 saturated heterocycles. The average molecular weight is 423 g/mol. The molecule has 27 heavy (non-hydrogen) atoms. The van der Waals surface area contributed by atoms with Crippen LogP contribution < -0.4 is 0 Å². The Morgan fingerprint density at radius 1 is 1.19 bits per heavy atom. The van der Waals surface area contributed by atoms with Gasteiger partial charge in [0.1, 0.15) is 5.76 Å². The highest BCUT2D eigenvalue weighted by Gasteiger charge is 2.46. The molecule has 1 aliphatic carbocycles. The summed E-state index contributed by atoms with van der Waals surface area (Å²) in [5.74, 6) is 0.687. The van der Waals surface area contributed by atoms with E-state index in [4.69, 9.17) is 18.3 Å². The van der Waals surface area contributed by atoms with Crippen molar-refractivity contribution in [3.63, 3.8) is 0 Å². The maximum atomic E-state index is 13.0. The van der Waals surface area contributed by atoms with Crippen LogP contribution in [0.25, 0.3) is 0 Å². The fourth-order valence-corrected chi connectivity index (χ4v) is 6.05. The van der Waals surface area contributed by atoms with Gasteiger partial charge >= 0.3 is 13.9 Å². The van der Waals surface area contributed by atoms with Gasteiger partial charge in [0.05, 0.1) is 30.6 Å². The van der Waals surface area contributed by atoms with Gasteiger partial charge in [0, 0.05) is 18.2 Å². The Labute approximate surface area is 163 Å². The number of rotatable bonds is 9. The summed E-state index contributed by atoms with van der Waals surface area (Å²) in [5.41, 5.74) is 0.960. The number of amides is 1. The molecular formula is C17H30NO7PS. The van der Waals surface area contributed by atoms with E-state index in [0.29, 0.717) is 18.1 Å². The number of nitrogens with zero attached hydrogens (tertiary/aromatic N) is 1. The Morgan fingerprint density at radius 2 is 1.85 bits per heavy atom. The highest BCUT2D eigenvalue weighted by molar-refractivity contribution is 7.85. The Balaban J connectivity index is 2.47. The van der Waals surface area contributed by atoms with Crippen LogP contribution in [0.3, 0.4) is 0 Å². The number of carbonyl (C=O) groups is 1. The summed E-state index contributed by atoms with van der Waals surface area (Å²) in [6, 6.07) is 0. The molecule has 10 heteroatoms. The van der Waals surface area contributed by atoms with Gasteiger partial charge in [-0.3, -0.25) is 18.2 Å². The fourth-order valence-electron chi connectivity index (χ4n) is 3.50. The first kappa shape index (κ1) is 22.4. The molecule has 2 aliphatic rings. The highest BCUT2D eigenvalue weighted by Crippen LogP contribution is 2.55. The Hall–Kier alpha value is -0.890. The molecule has 1 saturated carbocycles. The SMILES string of the molecule is CCOC(=O)N1C[C@H]2CCCC2=C(OP(=O)(OCC)OCC)C1S(=O)CC. The maximum absolute atomic E-state index is 13.0. The molecule has 1 amide bonds. The van der Waals surface area contributed by atoms with Crippen molar-refractivity contribution in [2.45, 2.75) is 52.3 Å². The zero-order valence-electron chi connectivity index (χ0n) is 16.5. The summed E-state index contributed by atoms with van der Waals surface area (Å²) in [6.45, 7) is 7.81. The van der Waals surface area contributed by atoms with Crippen LogP contribution in [0.15, 0.2) is 11.3 Å². The summed E-state index contributed by atoms with van der Waals surface area (Å²) in [7, 11) is -5.31. The van der Waals surface area contributed by atoms with E-state index in [2.05, 4.69) is 0 Å². The van der Waals surface area contributed by atoms with Crippen LogP contribution >= 0.6 is 7.82 Å². The van der Waals surface area contributed by atoms with E-state index in [-0.39, 0.29) is 25.7 Å². The second-order valence-electron chi connectivity index (χ2n) is 6.23. The molecule has 2 unspecified atom stereocenters. The van der Waals surface area contributed by atoms with Gasteiger partial charge in [-0.05, 0) is 45.6 Å². The number of carbonyl (C=O) groups excluding carboxylic acids is 1. The number of phosphoric ester groups is 1. The van der Waals surface area contributed by atoms with Crippen molar-refractivity contribution in [3.05, 3.63) is 11.3 Å². The van der Waals surface area contributed by atoms with Gasteiger partial charge in [0.15, 0.2) is 5.37 Å². The second kappa shape index (κ2) is 10.0. The Bertz CT molecular complexity index is 629. The topological polar surface area (TPSA) is 91.4 Å². The van der Waals surface area contributed by atoms with Gasteiger partial charge < -0.3 is 9.26 Å². The van der Waals surface area contributed by atoms with Crippen LogP contribution in [-0.2, 0) is 33.7 Å². The lowest BCUT2D eigenvalue weighted by molar-refractivity contribution is 0.0831. The molecule has 156 valence electrons. The minimum absolute atomic E-state index is 0.0752. The fraction of sp³-hybridized carbons (Fsp3) is 0.824. The minimum Gasteiger partial charge on any atom is -0.450 e. The standard InChI is InChI=1S/C17H30NO7PS/c1-5-22-17(19)18-12-13-10-9-11-14(13)15(16(18)27(21)8-4)25-26(20,23-6-2)24-7-3/h13,16H,5-12H2,1-4H3/t13-,16?,27?/m1/s1. The van der Waals surface area contributed by atoms with Crippen molar-refractivity contribution in [1.82, 2.24) is 4.90 Å². The van der Waals surface area contributed by atoms with E-state index in [1.54, 1.807) is 27.7 Å². The lowest BCUT2D eigenvalue weighted by atomic mass is 9.97. The lowest BCUT2D eigenvalue weighted by Crippen LogP contribution is -2.50. The molecular weight excluding hydrogens is 393 g/mol. The third kappa shape index (κ3) is 5.13. The predicted octanol–water partition coefficient (Wildman–Crippen LogP) is 3.81. The van der Waals surface area contributed by atoms with E-state index in [0.717, 1.165) is 24.8 Å². The van der Waals surface area contributed by atoms with Gasteiger partial charge in [0.25, 0.3) is 0 Å². The molecule has 1 heterocycles. The third-order valence-corrected chi connectivity index (χ3v) is 7.66. The smallest absolute Gasteiger partial charge is 0.450 e. The lowest BCUT2D eigenvalue weighted by Gasteiger charge is -2.39. The van der Waals surface area contributed by atoms with Gasteiger partial charge in [-0.15, -0.1) is 0 Å². The number of phosphoric acid groups is 1. The molecule has 1 fully saturated rings. The van der Waals surface area contributed by atoms with Crippen molar-refractivity contribution in [1.29, 1.82) is 0 Å². The van der Waals surface area contributed by atoms with E-state index in [1.807, 2.05) is 0 Å². The molecule has 0 bridgehead atoms. The molecule has 0 aromatic rings. The molecule has 0 radical (unpaired) electrons. The molecule has 0 aromatic heterocycles.